The van der Waals surface area contributed by atoms with Crippen LogP contribution < -0.4 is 5.32 Å². The Hall–Kier alpha value is -1.82. The van der Waals surface area contributed by atoms with E-state index in [1.165, 1.54) is 0 Å². The lowest BCUT2D eigenvalue weighted by Crippen LogP contribution is -2.15. The van der Waals surface area contributed by atoms with Gasteiger partial charge in [-0.05, 0) is 25.3 Å². The van der Waals surface area contributed by atoms with Gasteiger partial charge < -0.3 is 9.84 Å². The molecule has 1 atom stereocenters. The predicted octanol–water partition coefficient (Wildman–Crippen LogP) is 2.67. The predicted molar refractivity (Wildman–Crippen MR) is 75.0 cm³/mol. The zero-order valence-corrected chi connectivity index (χ0v) is 11.6. The molecule has 19 heavy (non-hydrogen) atoms. The van der Waals surface area contributed by atoms with Gasteiger partial charge in [0.2, 0.25) is 11.8 Å². The minimum Gasteiger partial charge on any atom is -0.338 e. The van der Waals surface area contributed by atoms with E-state index in [-0.39, 0.29) is 17.6 Å². The van der Waals surface area contributed by atoms with Crippen molar-refractivity contribution in [1.29, 1.82) is 0 Å². The molecule has 2 rings (SSSR count). The highest BCUT2D eigenvalue weighted by Crippen LogP contribution is 2.23. The monoisotopic (exact) mass is 277 g/mol. The standard InChI is InChI=1S/C13H15N3O2S/c1-9(19-2)13-15-11(16-18-13)8-12(17)14-10-6-4-3-5-7-10/h3-7,9H,8H2,1-2H3,(H,14,17)/t9-/m0/s1. The minimum atomic E-state index is -0.157. The van der Waals surface area contributed by atoms with Gasteiger partial charge >= 0.3 is 0 Å². The highest BCUT2D eigenvalue weighted by atomic mass is 32.2. The van der Waals surface area contributed by atoms with Crippen molar-refractivity contribution in [3.63, 3.8) is 0 Å². The van der Waals surface area contributed by atoms with Crippen molar-refractivity contribution in [3.8, 4) is 0 Å². The number of aromatic nitrogens is 2. The van der Waals surface area contributed by atoms with Crippen molar-refractivity contribution < 1.29 is 9.32 Å². The van der Waals surface area contributed by atoms with Gasteiger partial charge in [0.15, 0.2) is 5.82 Å². The van der Waals surface area contributed by atoms with E-state index in [2.05, 4.69) is 15.5 Å². The van der Waals surface area contributed by atoms with Gasteiger partial charge in [0.25, 0.3) is 0 Å². The SMILES string of the molecule is CS[C@@H](C)c1nc(CC(=O)Nc2ccccc2)no1. The summed E-state index contributed by atoms with van der Waals surface area (Å²) < 4.78 is 5.11. The number of hydrogen-bond donors (Lipinski definition) is 1. The molecule has 1 aromatic carbocycles. The van der Waals surface area contributed by atoms with Crippen LogP contribution in [0.5, 0.6) is 0 Å². The van der Waals surface area contributed by atoms with Crippen LogP contribution in [0.3, 0.4) is 0 Å². The first-order valence-corrected chi connectivity index (χ1v) is 7.18. The number of carbonyl (C=O) groups is 1. The number of benzene rings is 1. The highest BCUT2D eigenvalue weighted by Gasteiger charge is 2.15. The maximum absolute atomic E-state index is 11.8. The molecule has 5 nitrogen and oxygen atoms in total. The summed E-state index contributed by atoms with van der Waals surface area (Å²) >= 11 is 1.62. The van der Waals surface area contributed by atoms with Crippen LogP contribution in [-0.2, 0) is 11.2 Å². The first-order valence-electron chi connectivity index (χ1n) is 5.89. The number of hydrogen-bond acceptors (Lipinski definition) is 5. The molecule has 0 fully saturated rings. The Labute approximate surface area is 115 Å². The van der Waals surface area contributed by atoms with Crippen LogP contribution in [0, 0.1) is 0 Å². The topological polar surface area (TPSA) is 68.0 Å². The molecule has 0 aliphatic carbocycles. The van der Waals surface area contributed by atoms with Crippen molar-refractivity contribution in [3.05, 3.63) is 42.0 Å². The second-order valence-corrected chi connectivity index (χ2v) is 5.20. The Balaban J connectivity index is 1.94. The molecule has 0 aliphatic rings. The van der Waals surface area contributed by atoms with Crippen molar-refractivity contribution in [2.75, 3.05) is 11.6 Å². The smallest absolute Gasteiger partial charge is 0.239 e. The molecule has 1 amide bonds. The van der Waals surface area contributed by atoms with Crippen LogP contribution in [0.1, 0.15) is 23.9 Å². The van der Waals surface area contributed by atoms with Gasteiger partial charge in [0.1, 0.15) is 0 Å². The van der Waals surface area contributed by atoms with E-state index in [9.17, 15) is 4.79 Å². The normalized spacial score (nSPS) is 12.1. The van der Waals surface area contributed by atoms with E-state index in [1.807, 2.05) is 43.5 Å². The number of anilines is 1. The summed E-state index contributed by atoms with van der Waals surface area (Å²) in [4.78, 5) is 16.0. The number of nitrogens with zero attached hydrogens (tertiary/aromatic N) is 2. The van der Waals surface area contributed by atoms with Gasteiger partial charge in [0, 0.05) is 5.69 Å². The largest absolute Gasteiger partial charge is 0.338 e. The maximum Gasteiger partial charge on any atom is 0.239 e. The summed E-state index contributed by atoms with van der Waals surface area (Å²) in [5, 5.41) is 6.72. The van der Waals surface area contributed by atoms with Crippen molar-refractivity contribution >= 4 is 23.4 Å². The molecule has 0 unspecified atom stereocenters. The summed E-state index contributed by atoms with van der Waals surface area (Å²) in [5.41, 5.74) is 0.758. The fraction of sp³-hybridized carbons (Fsp3) is 0.308. The molecule has 0 radical (unpaired) electrons. The molecule has 100 valence electrons. The lowest BCUT2D eigenvalue weighted by molar-refractivity contribution is -0.115. The second-order valence-electron chi connectivity index (χ2n) is 4.02. The van der Waals surface area contributed by atoms with Crippen molar-refractivity contribution in [2.45, 2.75) is 18.6 Å². The number of rotatable bonds is 5. The average Bonchev–Trinajstić information content (AvgIpc) is 2.87. The van der Waals surface area contributed by atoms with Crippen LogP contribution in [-0.4, -0.2) is 22.3 Å². The van der Waals surface area contributed by atoms with E-state index in [0.717, 1.165) is 5.69 Å². The van der Waals surface area contributed by atoms with Crippen LogP contribution in [0.2, 0.25) is 0 Å². The molecule has 1 N–H and O–H groups in total. The Kier molecular flexibility index (Phi) is 4.57. The Morgan fingerprint density at radius 2 is 2.16 bits per heavy atom. The van der Waals surface area contributed by atoms with Crippen LogP contribution in [0.15, 0.2) is 34.9 Å². The van der Waals surface area contributed by atoms with Gasteiger partial charge in [-0.1, -0.05) is 23.4 Å². The summed E-state index contributed by atoms with van der Waals surface area (Å²) in [7, 11) is 0. The van der Waals surface area contributed by atoms with Crippen molar-refractivity contribution in [1.82, 2.24) is 10.1 Å². The van der Waals surface area contributed by atoms with Gasteiger partial charge in [-0.2, -0.15) is 16.7 Å². The Morgan fingerprint density at radius 1 is 1.42 bits per heavy atom. The van der Waals surface area contributed by atoms with E-state index < -0.39 is 0 Å². The fourth-order valence-corrected chi connectivity index (χ4v) is 1.77. The van der Waals surface area contributed by atoms with Gasteiger partial charge in [0.05, 0.1) is 11.7 Å². The number of thioether (sulfide) groups is 1. The zero-order chi connectivity index (χ0) is 13.7. The molecule has 1 heterocycles. The molecule has 0 saturated heterocycles. The van der Waals surface area contributed by atoms with Crippen LogP contribution in [0.25, 0.3) is 0 Å². The molecule has 2 aromatic rings. The minimum absolute atomic E-state index is 0.111. The number of amides is 1. The molecular formula is C13H15N3O2S. The third kappa shape index (κ3) is 3.82. The molecule has 0 saturated carbocycles. The van der Waals surface area contributed by atoms with Crippen LogP contribution >= 0.6 is 11.8 Å². The second kappa shape index (κ2) is 6.38. The maximum atomic E-state index is 11.8. The van der Waals surface area contributed by atoms with E-state index in [4.69, 9.17) is 4.52 Å². The van der Waals surface area contributed by atoms with E-state index in [0.29, 0.717) is 11.7 Å². The van der Waals surface area contributed by atoms with E-state index >= 15 is 0 Å². The van der Waals surface area contributed by atoms with Gasteiger partial charge in [-0.3, -0.25) is 4.79 Å². The zero-order valence-electron chi connectivity index (χ0n) is 10.8. The summed E-state index contributed by atoms with van der Waals surface area (Å²) in [5.74, 6) is 0.801. The Morgan fingerprint density at radius 3 is 2.84 bits per heavy atom. The molecule has 0 spiro atoms. The lowest BCUT2D eigenvalue weighted by Gasteiger charge is -2.02. The quantitative estimate of drug-likeness (QED) is 0.910. The Bertz CT molecular complexity index is 542. The number of carbonyl (C=O) groups excluding carboxylic acids is 1. The number of nitrogens with one attached hydrogen (secondary N) is 1. The average molecular weight is 277 g/mol. The highest BCUT2D eigenvalue weighted by molar-refractivity contribution is 7.98. The molecule has 6 heteroatoms. The van der Waals surface area contributed by atoms with Crippen molar-refractivity contribution in [2.24, 2.45) is 0 Å². The molecular weight excluding hydrogens is 262 g/mol. The fourth-order valence-electron chi connectivity index (χ4n) is 1.48. The molecule has 0 aliphatic heterocycles. The molecule has 0 bridgehead atoms. The summed E-state index contributed by atoms with van der Waals surface area (Å²) in [6.45, 7) is 1.98. The van der Waals surface area contributed by atoms with Gasteiger partial charge in [-0.25, -0.2) is 0 Å². The summed E-state index contributed by atoms with van der Waals surface area (Å²) in [6.07, 6.45) is 2.08. The van der Waals surface area contributed by atoms with Crippen LogP contribution in [0.4, 0.5) is 5.69 Å². The lowest BCUT2D eigenvalue weighted by atomic mass is 10.3. The van der Waals surface area contributed by atoms with E-state index in [1.54, 1.807) is 11.8 Å². The number of para-hydroxylation sites is 1. The molecule has 1 aromatic heterocycles. The summed E-state index contributed by atoms with van der Waals surface area (Å²) in [6, 6.07) is 9.28. The van der Waals surface area contributed by atoms with Gasteiger partial charge in [-0.15, -0.1) is 0 Å². The third-order valence-electron chi connectivity index (χ3n) is 2.56. The first kappa shape index (κ1) is 13.6. The first-order chi connectivity index (χ1) is 9.19. The third-order valence-corrected chi connectivity index (χ3v) is 3.47.